The molecule has 0 radical (unpaired) electrons. The van der Waals surface area contributed by atoms with Crippen LogP contribution in [0.4, 0.5) is 5.69 Å². The van der Waals surface area contributed by atoms with Gasteiger partial charge in [0.25, 0.3) is 5.91 Å². The summed E-state index contributed by atoms with van der Waals surface area (Å²) in [6.45, 7) is 6.13. The van der Waals surface area contributed by atoms with Gasteiger partial charge in [-0.15, -0.1) is 0 Å². The predicted molar refractivity (Wildman–Crippen MR) is 101 cm³/mol. The minimum atomic E-state index is -0.358. The lowest BCUT2D eigenvalue weighted by molar-refractivity contribution is -0.115. The van der Waals surface area contributed by atoms with Gasteiger partial charge in [-0.25, -0.2) is 0 Å². The van der Waals surface area contributed by atoms with E-state index in [0.29, 0.717) is 23.6 Å². The zero-order chi connectivity index (χ0) is 18.9. The van der Waals surface area contributed by atoms with Gasteiger partial charge in [0.05, 0.1) is 24.8 Å². The third-order valence-corrected chi connectivity index (χ3v) is 3.35. The second-order valence-corrected chi connectivity index (χ2v) is 5.85. The number of hydrogen-bond acceptors (Lipinski definition) is 4. The molecule has 6 heteroatoms. The summed E-state index contributed by atoms with van der Waals surface area (Å²) in [4.78, 5) is 24.4. The van der Waals surface area contributed by atoms with Crippen LogP contribution in [0.25, 0.3) is 0 Å². The van der Waals surface area contributed by atoms with Crippen molar-refractivity contribution in [1.82, 2.24) is 5.32 Å². The summed E-state index contributed by atoms with van der Waals surface area (Å²) in [5, 5.41) is 5.33. The molecule has 0 saturated heterocycles. The topological polar surface area (TPSA) is 76.7 Å². The molecule has 0 aliphatic heterocycles. The number of amides is 2. The van der Waals surface area contributed by atoms with Crippen LogP contribution in [-0.2, 0) is 4.79 Å². The molecule has 0 aliphatic rings. The summed E-state index contributed by atoms with van der Waals surface area (Å²) >= 11 is 0. The number of carbonyl (C=O) groups is 2. The van der Waals surface area contributed by atoms with Crippen LogP contribution in [0.3, 0.4) is 0 Å². The Morgan fingerprint density at radius 1 is 1.04 bits per heavy atom. The first kappa shape index (κ1) is 19.3. The summed E-state index contributed by atoms with van der Waals surface area (Å²) in [6, 6.07) is 14.0. The van der Waals surface area contributed by atoms with Crippen molar-refractivity contribution in [2.75, 3.05) is 18.5 Å². The zero-order valence-corrected chi connectivity index (χ0v) is 15.2. The number of ether oxygens (including phenoxy) is 2. The third kappa shape index (κ3) is 5.81. The van der Waals surface area contributed by atoms with Crippen molar-refractivity contribution >= 4 is 17.5 Å². The summed E-state index contributed by atoms with van der Waals surface area (Å²) < 4.78 is 11.0. The van der Waals surface area contributed by atoms with E-state index < -0.39 is 0 Å². The van der Waals surface area contributed by atoms with Crippen molar-refractivity contribution in [3.05, 3.63) is 54.1 Å². The predicted octanol–water partition coefficient (Wildman–Crippen LogP) is 3.24. The van der Waals surface area contributed by atoms with Gasteiger partial charge in [0.1, 0.15) is 11.5 Å². The summed E-state index contributed by atoms with van der Waals surface area (Å²) in [5.41, 5.74) is 1.03. The monoisotopic (exact) mass is 356 g/mol. The Kier molecular flexibility index (Phi) is 7.02. The maximum atomic E-state index is 12.3. The fourth-order valence-electron chi connectivity index (χ4n) is 2.27. The van der Waals surface area contributed by atoms with E-state index in [1.165, 1.54) is 0 Å². The molecule has 0 spiro atoms. The third-order valence-electron chi connectivity index (χ3n) is 3.35. The first-order valence-electron chi connectivity index (χ1n) is 8.56. The van der Waals surface area contributed by atoms with Crippen LogP contribution in [0.2, 0.25) is 0 Å². The fraction of sp³-hybridized carbons (Fsp3) is 0.300. The van der Waals surface area contributed by atoms with Gasteiger partial charge in [0, 0.05) is 5.69 Å². The number of rotatable bonds is 8. The Balaban J connectivity index is 1.90. The molecule has 2 rings (SSSR count). The lowest BCUT2D eigenvalue weighted by atomic mass is 10.2. The van der Waals surface area contributed by atoms with Crippen LogP contribution in [0.1, 0.15) is 31.1 Å². The van der Waals surface area contributed by atoms with Crippen LogP contribution in [0, 0.1) is 0 Å². The molecule has 138 valence electrons. The second kappa shape index (κ2) is 9.46. The van der Waals surface area contributed by atoms with Crippen molar-refractivity contribution < 1.29 is 19.1 Å². The average Bonchev–Trinajstić information content (AvgIpc) is 2.61. The maximum Gasteiger partial charge on any atom is 0.255 e. The molecule has 2 aromatic carbocycles. The molecule has 0 aliphatic carbocycles. The van der Waals surface area contributed by atoms with Gasteiger partial charge in [0.15, 0.2) is 0 Å². The Hall–Kier alpha value is -3.02. The van der Waals surface area contributed by atoms with Crippen molar-refractivity contribution in [3.63, 3.8) is 0 Å². The lowest BCUT2D eigenvalue weighted by Crippen LogP contribution is -2.33. The van der Waals surface area contributed by atoms with E-state index in [0.717, 1.165) is 5.75 Å². The quantitative estimate of drug-likeness (QED) is 0.761. The van der Waals surface area contributed by atoms with E-state index in [2.05, 4.69) is 10.6 Å². The molecule has 0 heterocycles. The SMILES string of the molecule is CCOc1ccc(NC(=O)CNC(=O)c2ccccc2OC(C)C)cc1. The molecular weight excluding hydrogens is 332 g/mol. The van der Waals surface area contributed by atoms with Gasteiger partial charge in [-0.1, -0.05) is 12.1 Å². The molecule has 0 atom stereocenters. The van der Waals surface area contributed by atoms with Crippen LogP contribution >= 0.6 is 0 Å². The molecule has 2 N–H and O–H groups in total. The highest BCUT2D eigenvalue weighted by Gasteiger charge is 2.14. The molecule has 0 aromatic heterocycles. The Morgan fingerprint density at radius 2 is 1.73 bits per heavy atom. The minimum Gasteiger partial charge on any atom is -0.494 e. The number of carbonyl (C=O) groups excluding carboxylic acids is 2. The minimum absolute atomic E-state index is 0.0492. The molecule has 2 aromatic rings. The van der Waals surface area contributed by atoms with Gasteiger partial charge >= 0.3 is 0 Å². The van der Waals surface area contributed by atoms with E-state index >= 15 is 0 Å². The van der Waals surface area contributed by atoms with E-state index in [-0.39, 0.29) is 24.5 Å². The first-order chi connectivity index (χ1) is 12.5. The Bertz CT molecular complexity index is 742. The number of benzene rings is 2. The van der Waals surface area contributed by atoms with Crippen LogP contribution < -0.4 is 20.1 Å². The normalized spacial score (nSPS) is 10.3. The molecule has 0 saturated carbocycles. The fourth-order valence-corrected chi connectivity index (χ4v) is 2.27. The number of hydrogen-bond donors (Lipinski definition) is 2. The lowest BCUT2D eigenvalue weighted by Gasteiger charge is -2.14. The molecular formula is C20H24N2O4. The van der Waals surface area contributed by atoms with E-state index in [1.807, 2.05) is 20.8 Å². The van der Waals surface area contributed by atoms with E-state index in [9.17, 15) is 9.59 Å². The number of para-hydroxylation sites is 1. The molecule has 26 heavy (non-hydrogen) atoms. The second-order valence-electron chi connectivity index (χ2n) is 5.85. The molecule has 2 amide bonds. The maximum absolute atomic E-state index is 12.3. The summed E-state index contributed by atoms with van der Waals surface area (Å²) in [7, 11) is 0. The van der Waals surface area contributed by atoms with E-state index in [1.54, 1.807) is 48.5 Å². The molecule has 6 nitrogen and oxygen atoms in total. The van der Waals surface area contributed by atoms with Gasteiger partial charge in [0.2, 0.25) is 5.91 Å². The van der Waals surface area contributed by atoms with Crippen molar-refractivity contribution in [1.29, 1.82) is 0 Å². The van der Waals surface area contributed by atoms with Crippen LogP contribution in [0.15, 0.2) is 48.5 Å². The average molecular weight is 356 g/mol. The first-order valence-corrected chi connectivity index (χ1v) is 8.56. The summed E-state index contributed by atoms with van der Waals surface area (Å²) in [6.07, 6.45) is -0.0492. The van der Waals surface area contributed by atoms with Crippen molar-refractivity contribution in [3.8, 4) is 11.5 Å². The summed E-state index contributed by atoms with van der Waals surface area (Å²) in [5.74, 6) is 0.556. The standard InChI is InChI=1S/C20H24N2O4/c1-4-25-16-11-9-15(10-12-16)22-19(23)13-21-20(24)17-7-5-6-8-18(17)26-14(2)3/h5-12,14H,4,13H2,1-3H3,(H,21,24)(H,22,23). The highest BCUT2D eigenvalue weighted by atomic mass is 16.5. The molecule has 0 bridgehead atoms. The van der Waals surface area contributed by atoms with E-state index in [4.69, 9.17) is 9.47 Å². The molecule has 0 fully saturated rings. The van der Waals surface area contributed by atoms with Gasteiger partial charge in [-0.3, -0.25) is 9.59 Å². The van der Waals surface area contributed by atoms with Crippen LogP contribution in [0.5, 0.6) is 11.5 Å². The van der Waals surface area contributed by atoms with Crippen molar-refractivity contribution in [2.24, 2.45) is 0 Å². The highest BCUT2D eigenvalue weighted by molar-refractivity contribution is 6.00. The Morgan fingerprint density at radius 3 is 2.38 bits per heavy atom. The molecule has 0 unspecified atom stereocenters. The zero-order valence-electron chi connectivity index (χ0n) is 15.2. The largest absolute Gasteiger partial charge is 0.494 e. The smallest absolute Gasteiger partial charge is 0.255 e. The van der Waals surface area contributed by atoms with Gasteiger partial charge in [-0.2, -0.15) is 0 Å². The van der Waals surface area contributed by atoms with Crippen LogP contribution in [-0.4, -0.2) is 31.1 Å². The van der Waals surface area contributed by atoms with Gasteiger partial charge < -0.3 is 20.1 Å². The highest BCUT2D eigenvalue weighted by Crippen LogP contribution is 2.19. The van der Waals surface area contributed by atoms with Crippen molar-refractivity contribution in [2.45, 2.75) is 26.9 Å². The van der Waals surface area contributed by atoms with Gasteiger partial charge in [-0.05, 0) is 57.2 Å². The number of anilines is 1. The Labute approximate surface area is 153 Å². The number of nitrogens with one attached hydrogen (secondary N) is 2.